The van der Waals surface area contributed by atoms with E-state index in [4.69, 9.17) is 11.6 Å². The topological polar surface area (TPSA) is 64.7 Å². The number of carbonyl (C=O) groups is 1. The Kier molecular flexibility index (Phi) is 4.96. The molecule has 124 valence electrons. The SMILES string of the molecule is Cc1ccnn1CCC(=O)Nc1cnn(Cc2ccccc2Cl)c1. The molecule has 1 amide bonds. The van der Waals surface area contributed by atoms with Crippen LogP contribution in [0.2, 0.25) is 5.02 Å². The van der Waals surface area contributed by atoms with E-state index in [0.717, 1.165) is 11.3 Å². The Hall–Kier alpha value is -2.60. The van der Waals surface area contributed by atoms with Crippen molar-refractivity contribution in [3.05, 3.63) is 65.2 Å². The molecule has 0 saturated heterocycles. The number of aryl methyl sites for hydroxylation is 2. The van der Waals surface area contributed by atoms with Gasteiger partial charge in [0, 0.05) is 36.1 Å². The molecule has 0 aliphatic rings. The van der Waals surface area contributed by atoms with Gasteiger partial charge in [0.15, 0.2) is 0 Å². The van der Waals surface area contributed by atoms with E-state index in [1.165, 1.54) is 0 Å². The highest BCUT2D eigenvalue weighted by molar-refractivity contribution is 6.31. The number of nitrogens with one attached hydrogen (secondary N) is 1. The fourth-order valence-corrected chi connectivity index (χ4v) is 2.58. The summed E-state index contributed by atoms with van der Waals surface area (Å²) in [6, 6.07) is 9.54. The third-order valence-corrected chi connectivity index (χ3v) is 4.06. The van der Waals surface area contributed by atoms with Gasteiger partial charge in [-0.05, 0) is 24.6 Å². The quantitative estimate of drug-likeness (QED) is 0.748. The van der Waals surface area contributed by atoms with Crippen LogP contribution in [0, 0.1) is 6.92 Å². The van der Waals surface area contributed by atoms with Crippen LogP contribution in [0.15, 0.2) is 48.9 Å². The Morgan fingerprint density at radius 3 is 2.83 bits per heavy atom. The van der Waals surface area contributed by atoms with Crippen LogP contribution in [-0.2, 0) is 17.9 Å². The van der Waals surface area contributed by atoms with Gasteiger partial charge in [-0.25, -0.2) is 0 Å². The summed E-state index contributed by atoms with van der Waals surface area (Å²) in [5.41, 5.74) is 2.69. The first-order valence-electron chi connectivity index (χ1n) is 7.66. The summed E-state index contributed by atoms with van der Waals surface area (Å²) >= 11 is 6.15. The number of rotatable bonds is 6. The van der Waals surface area contributed by atoms with E-state index in [9.17, 15) is 4.79 Å². The van der Waals surface area contributed by atoms with Crippen LogP contribution in [0.5, 0.6) is 0 Å². The fourth-order valence-electron chi connectivity index (χ4n) is 2.38. The van der Waals surface area contributed by atoms with Crippen LogP contribution in [-0.4, -0.2) is 25.5 Å². The summed E-state index contributed by atoms with van der Waals surface area (Å²) in [5.74, 6) is -0.0674. The normalized spacial score (nSPS) is 10.8. The molecular weight excluding hydrogens is 326 g/mol. The molecule has 24 heavy (non-hydrogen) atoms. The highest BCUT2D eigenvalue weighted by Gasteiger charge is 2.07. The average molecular weight is 344 g/mol. The molecule has 1 N–H and O–H groups in total. The van der Waals surface area contributed by atoms with Gasteiger partial charge in [0.2, 0.25) is 5.91 Å². The second-order valence-electron chi connectivity index (χ2n) is 5.51. The molecule has 2 heterocycles. The van der Waals surface area contributed by atoms with Crippen molar-refractivity contribution in [2.24, 2.45) is 0 Å². The maximum absolute atomic E-state index is 12.0. The Morgan fingerprint density at radius 1 is 1.25 bits per heavy atom. The van der Waals surface area contributed by atoms with Crippen molar-refractivity contribution in [3.8, 4) is 0 Å². The summed E-state index contributed by atoms with van der Waals surface area (Å²) in [6.07, 6.45) is 5.51. The second-order valence-corrected chi connectivity index (χ2v) is 5.92. The number of nitrogens with zero attached hydrogens (tertiary/aromatic N) is 4. The van der Waals surface area contributed by atoms with E-state index in [0.29, 0.717) is 30.2 Å². The molecule has 0 unspecified atom stereocenters. The Balaban J connectivity index is 1.55. The zero-order valence-corrected chi connectivity index (χ0v) is 14.1. The minimum Gasteiger partial charge on any atom is -0.323 e. The van der Waals surface area contributed by atoms with Crippen LogP contribution in [0.3, 0.4) is 0 Å². The minimum atomic E-state index is -0.0674. The lowest BCUT2D eigenvalue weighted by Crippen LogP contribution is -2.15. The lowest BCUT2D eigenvalue weighted by molar-refractivity contribution is -0.116. The van der Waals surface area contributed by atoms with Crippen LogP contribution in [0.25, 0.3) is 0 Å². The van der Waals surface area contributed by atoms with Crippen molar-refractivity contribution >= 4 is 23.2 Å². The summed E-state index contributed by atoms with van der Waals surface area (Å²) in [5, 5.41) is 12.0. The summed E-state index contributed by atoms with van der Waals surface area (Å²) in [4.78, 5) is 12.0. The van der Waals surface area contributed by atoms with E-state index in [1.54, 1.807) is 28.0 Å². The van der Waals surface area contributed by atoms with Gasteiger partial charge in [-0.3, -0.25) is 14.2 Å². The Morgan fingerprint density at radius 2 is 2.08 bits per heavy atom. The minimum absolute atomic E-state index is 0.0674. The molecule has 0 bridgehead atoms. The number of amides is 1. The van der Waals surface area contributed by atoms with Crippen molar-refractivity contribution < 1.29 is 4.79 Å². The molecule has 3 aromatic rings. The predicted octanol–water partition coefficient (Wildman–Crippen LogP) is 3.12. The number of carbonyl (C=O) groups excluding carboxylic acids is 1. The molecule has 0 radical (unpaired) electrons. The zero-order chi connectivity index (χ0) is 16.9. The summed E-state index contributed by atoms with van der Waals surface area (Å²) in [7, 11) is 0. The van der Waals surface area contributed by atoms with Gasteiger partial charge in [0.05, 0.1) is 18.4 Å². The third kappa shape index (κ3) is 4.02. The van der Waals surface area contributed by atoms with Crippen molar-refractivity contribution in [2.45, 2.75) is 26.4 Å². The van der Waals surface area contributed by atoms with Gasteiger partial charge in [-0.2, -0.15) is 10.2 Å². The van der Waals surface area contributed by atoms with Crippen LogP contribution >= 0.6 is 11.6 Å². The summed E-state index contributed by atoms with van der Waals surface area (Å²) < 4.78 is 3.55. The lowest BCUT2D eigenvalue weighted by atomic mass is 10.2. The molecule has 0 saturated carbocycles. The number of benzene rings is 1. The number of hydrogen-bond donors (Lipinski definition) is 1. The maximum atomic E-state index is 12.0. The standard InChI is InChI=1S/C17H18ClN5O/c1-13-6-8-19-23(13)9-7-17(24)21-15-10-20-22(12-15)11-14-4-2-3-5-16(14)18/h2-6,8,10,12H,7,9,11H2,1H3,(H,21,24). The van der Waals surface area contributed by atoms with Gasteiger partial charge in [0.25, 0.3) is 0 Å². The fraction of sp³-hybridized carbons (Fsp3) is 0.235. The van der Waals surface area contributed by atoms with Crippen LogP contribution in [0.1, 0.15) is 17.7 Å². The van der Waals surface area contributed by atoms with Crippen molar-refractivity contribution in [1.29, 1.82) is 0 Å². The monoisotopic (exact) mass is 343 g/mol. The van der Waals surface area contributed by atoms with Crippen molar-refractivity contribution in [3.63, 3.8) is 0 Å². The number of halogens is 1. The number of anilines is 1. The number of aromatic nitrogens is 4. The van der Waals surface area contributed by atoms with E-state index in [2.05, 4.69) is 15.5 Å². The second kappa shape index (κ2) is 7.31. The smallest absolute Gasteiger partial charge is 0.226 e. The first-order valence-corrected chi connectivity index (χ1v) is 8.04. The molecule has 2 aromatic heterocycles. The molecule has 0 aliphatic heterocycles. The first kappa shape index (κ1) is 16.3. The van der Waals surface area contributed by atoms with Gasteiger partial charge in [-0.1, -0.05) is 29.8 Å². The third-order valence-electron chi connectivity index (χ3n) is 3.69. The van der Waals surface area contributed by atoms with Gasteiger partial charge in [-0.15, -0.1) is 0 Å². The summed E-state index contributed by atoms with van der Waals surface area (Å²) in [6.45, 7) is 3.07. The molecule has 6 nitrogen and oxygen atoms in total. The molecule has 0 spiro atoms. The molecule has 0 fully saturated rings. The van der Waals surface area contributed by atoms with Crippen molar-refractivity contribution in [2.75, 3.05) is 5.32 Å². The molecule has 0 atom stereocenters. The van der Waals surface area contributed by atoms with E-state index in [1.807, 2.05) is 37.3 Å². The first-order chi connectivity index (χ1) is 11.6. The highest BCUT2D eigenvalue weighted by atomic mass is 35.5. The molecular formula is C17H18ClN5O. The van der Waals surface area contributed by atoms with Crippen LogP contribution in [0.4, 0.5) is 5.69 Å². The van der Waals surface area contributed by atoms with E-state index in [-0.39, 0.29) is 5.91 Å². The largest absolute Gasteiger partial charge is 0.323 e. The van der Waals surface area contributed by atoms with E-state index >= 15 is 0 Å². The Bertz CT molecular complexity index is 839. The Labute approximate surface area is 145 Å². The molecule has 7 heteroatoms. The van der Waals surface area contributed by atoms with Gasteiger partial charge < -0.3 is 5.32 Å². The maximum Gasteiger partial charge on any atom is 0.226 e. The molecule has 3 rings (SSSR count). The zero-order valence-electron chi connectivity index (χ0n) is 13.3. The van der Waals surface area contributed by atoms with Crippen LogP contribution < -0.4 is 5.32 Å². The van der Waals surface area contributed by atoms with E-state index < -0.39 is 0 Å². The molecule has 0 aliphatic carbocycles. The average Bonchev–Trinajstić information content (AvgIpc) is 3.17. The molecule has 1 aromatic carbocycles. The van der Waals surface area contributed by atoms with Gasteiger partial charge >= 0.3 is 0 Å². The van der Waals surface area contributed by atoms with Gasteiger partial charge in [0.1, 0.15) is 0 Å². The lowest BCUT2D eigenvalue weighted by Gasteiger charge is -2.05. The van der Waals surface area contributed by atoms with Crippen molar-refractivity contribution in [1.82, 2.24) is 19.6 Å². The highest BCUT2D eigenvalue weighted by Crippen LogP contribution is 2.16. The number of hydrogen-bond acceptors (Lipinski definition) is 3. The predicted molar refractivity (Wildman–Crippen MR) is 93.0 cm³/mol.